The number of hydrogen-bond acceptors (Lipinski definition) is 4. The van der Waals surface area contributed by atoms with Gasteiger partial charge in [-0.1, -0.05) is 39.7 Å². The normalized spacial score (nSPS) is 15.3. The summed E-state index contributed by atoms with van der Waals surface area (Å²) in [4.78, 5) is 14.7. The van der Waals surface area contributed by atoms with Gasteiger partial charge < -0.3 is 4.90 Å². The fraction of sp³-hybridized carbons (Fsp3) is 0.200. The summed E-state index contributed by atoms with van der Waals surface area (Å²) in [5.74, 6) is -0.205. The molecule has 3 aromatic rings. The fourth-order valence-electron chi connectivity index (χ4n) is 3.26. The molecule has 0 saturated carbocycles. The van der Waals surface area contributed by atoms with Gasteiger partial charge >= 0.3 is 0 Å². The summed E-state index contributed by atoms with van der Waals surface area (Å²) in [6.07, 6.45) is 0. The summed E-state index contributed by atoms with van der Waals surface area (Å²) in [7, 11) is -3.58. The van der Waals surface area contributed by atoms with Gasteiger partial charge in [-0.2, -0.15) is 9.40 Å². The number of aromatic nitrogens is 2. The molecule has 7 nitrogen and oxygen atoms in total. The van der Waals surface area contributed by atoms with E-state index in [2.05, 4.69) is 26.1 Å². The van der Waals surface area contributed by atoms with Gasteiger partial charge in [0.05, 0.1) is 10.6 Å². The van der Waals surface area contributed by atoms with Gasteiger partial charge in [-0.25, -0.2) is 8.42 Å². The van der Waals surface area contributed by atoms with E-state index in [1.165, 1.54) is 4.31 Å². The first-order valence-electron chi connectivity index (χ1n) is 9.21. The van der Waals surface area contributed by atoms with Gasteiger partial charge in [-0.15, -0.1) is 0 Å². The highest BCUT2D eigenvalue weighted by atomic mass is 79.9. The van der Waals surface area contributed by atoms with Crippen molar-refractivity contribution in [2.75, 3.05) is 26.2 Å². The minimum absolute atomic E-state index is 0.205. The minimum atomic E-state index is -3.58. The second kappa shape index (κ2) is 8.50. The molecular formula is C20H18BrClN4O3S. The zero-order valence-corrected chi connectivity index (χ0v) is 18.9. The van der Waals surface area contributed by atoms with Gasteiger partial charge in [0.2, 0.25) is 10.0 Å². The van der Waals surface area contributed by atoms with Crippen LogP contribution in [0.3, 0.4) is 0 Å². The smallest absolute Gasteiger partial charge is 0.271 e. The maximum absolute atomic E-state index is 12.8. The van der Waals surface area contributed by atoms with Crippen LogP contribution in [0.15, 0.2) is 64.0 Å². The lowest BCUT2D eigenvalue weighted by Gasteiger charge is -2.33. The molecule has 1 aromatic heterocycles. The number of rotatable bonds is 4. The molecular weight excluding hydrogens is 492 g/mol. The highest BCUT2D eigenvalue weighted by Gasteiger charge is 2.31. The van der Waals surface area contributed by atoms with Crippen LogP contribution < -0.4 is 0 Å². The Bertz CT molecular complexity index is 1160. The van der Waals surface area contributed by atoms with Crippen LogP contribution in [0.5, 0.6) is 0 Å². The molecule has 1 amide bonds. The monoisotopic (exact) mass is 508 g/mol. The molecule has 0 unspecified atom stereocenters. The van der Waals surface area contributed by atoms with Crippen molar-refractivity contribution in [1.29, 1.82) is 0 Å². The molecule has 30 heavy (non-hydrogen) atoms. The maximum Gasteiger partial charge on any atom is 0.271 e. The highest BCUT2D eigenvalue weighted by molar-refractivity contribution is 9.10. The fourth-order valence-corrected chi connectivity index (χ4v) is 5.07. The summed E-state index contributed by atoms with van der Waals surface area (Å²) >= 11 is 9.22. The lowest BCUT2D eigenvalue weighted by Crippen LogP contribution is -2.50. The van der Waals surface area contributed by atoms with E-state index < -0.39 is 10.0 Å². The number of amides is 1. The van der Waals surface area contributed by atoms with E-state index in [0.717, 1.165) is 10.0 Å². The quantitative estimate of drug-likeness (QED) is 0.582. The number of nitrogens with zero attached hydrogens (tertiary/aromatic N) is 3. The van der Waals surface area contributed by atoms with Crippen molar-refractivity contribution in [3.63, 3.8) is 0 Å². The van der Waals surface area contributed by atoms with Gasteiger partial charge in [0.25, 0.3) is 5.91 Å². The molecule has 1 aliphatic heterocycles. The van der Waals surface area contributed by atoms with Crippen LogP contribution in [0, 0.1) is 0 Å². The van der Waals surface area contributed by atoms with Crippen molar-refractivity contribution in [2.24, 2.45) is 0 Å². The molecule has 4 rings (SSSR count). The number of carbonyl (C=O) groups is 1. The molecule has 1 fully saturated rings. The van der Waals surface area contributed by atoms with Gasteiger partial charge in [0.1, 0.15) is 5.69 Å². The predicted molar refractivity (Wildman–Crippen MR) is 118 cm³/mol. The zero-order valence-electron chi connectivity index (χ0n) is 15.8. The Kier molecular flexibility index (Phi) is 5.97. The van der Waals surface area contributed by atoms with Gasteiger partial charge in [-0.3, -0.25) is 9.89 Å². The number of piperazine rings is 1. The van der Waals surface area contributed by atoms with Crippen LogP contribution in [0.25, 0.3) is 11.3 Å². The second-order valence-electron chi connectivity index (χ2n) is 6.82. The molecule has 0 atom stereocenters. The van der Waals surface area contributed by atoms with Gasteiger partial charge in [0.15, 0.2) is 0 Å². The zero-order chi connectivity index (χ0) is 21.3. The Hall–Kier alpha value is -2.20. The molecule has 0 aliphatic carbocycles. The molecule has 0 bridgehead atoms. The second-order valence-corrected chi connectivity index (χ2v) is 10.1. The van der Waals surface area contributed by atoms with Crippen molar-refractivity contribution in [1.82, 2.24) is 19.4 Å². The lowest BCUT2D eigenvalue weighted by atomic mass is 10.1. The number of H-pyrrole nitrogens is 1. The van der Waals surface area contributed by atoms with Gasteiger partial charge in [0, 0.05) is 41.2 Å². The van der Waals surface area contributed by atoms with Crippen LogP contribution in [0.4, 0.5) is 0 Å². The molecule has 2 aromatic carbocycles. The van der Waals surface area contributed by atoms with Crippen LogP contribution in [0.1, 0.15) is 10.5 Å². The Morgan fingerprint density at radius 1 is 1.00 bits per heavy atom. The van der Waals surface area contributed by atoms with E-state index in [1.807, 2.05) is 12.1 Å². The minimum Gasteiger partial charge on any atom is -0.335 e. The summed E-state index contributed by atoms with van der Waals surface area (Å²) in [5, 5.41) is 7.61. The van der Waals surface area contributed by atoms with Crippen molar-refractivity contribution in [3.05, 3.63) is 69.8 Å². The van der Waals surface area contributed by atoms with Crippen molar-refractivity contribution >= 4 is 43.5 Å². The van der Waals surface area contributed by atoms with E-state index in [1.54, 1.807) is 47.4 Å². The largest absolute Gasteiger partial charge is 0.335 e. The van der Waals surface area contributed by atoms with E-state index in [9.17, 15) is 13.2 Å². The summed E-state index contributed by atoms with van der Waals surface area (Å²) in [6.45, 7) is 1.10. The third-order valence-corrected chi connectivity index (χ3v) is 7.62. The number of sulfonamides is 1. The molecule has 156 valence electrons. The number of nitrogens with one attached hydrogen (secondary N) is 1. The molecule has 1 saturated heterocycles. The highest BCUT2D eigenvalue weighted by Crippen LogP contribution is 2.23. The topological polar surface area (TPSA) is 86.4 Å². The summed E-state index contributed by atoms with van der Waals surface area (Å²) in [5.41, 5.74) is 1.86. The van der Waals surface area contributed by atoms with Crippen molar-refractivity contribution in [3.8, 4) is 11.3 Å². The Morgan fingerprint density at radius 2 is 1.63 bits per heavy atom. The Labute approximate surface area is 187 Å². The van der Waals surface area contributed by atoms with Crippen LogP contribution >= 0.6 is 27.5 Å². The Balaban J connectivity index is 1.42. The number of aromatic amines is 1. The number of carbonyl (C=O) groups excluding carboxylic acids is 1. The molecule has 10 heteroatoms. The Morgan fingerprint density at radius 3 is 2.27 bits per heavy atom. The third-order valence-electron chi connectivity index (χ3n) is 4.93. The molecule has 1 N–H and O–H groups in total. The lowest BCUT2D eigenvalue weighted by molar-refractivity contribution is 0.0692. The average Bonchev–Trinajstić information content (AvgIpc) is 3.24. The third kappa shape index (κ3) is 4.29. The van der Waals surface area contributed by atoms with E-state index in [-0.39, 0.29) is 23.9 Å². The standard InChI is InChI=1S/C20H18BrClN4O3S/c21-15-3-7-17(8-4-15)30(28,29)26-11-9-25(10-12-26)20(27)19-13-18(23-24-19)14-1-5-16(22)6-2-14/h1-8,13H,9-12H2,(H,23,24). The first-order chi connectivity index (χ1) is 14.3. The van der Waals surface area contributed by atoms with Crippen LogP contribution in [-0.2, 0) is 10.0 Å². The van der Waals surface area contributed by atoms with E-state index >= 15 is 0 Å². The predicted octanol–water partition coefficient (Wildman–Crippen LogP) is 3.64. The average molecular weight is 510 g/mol. The van der Waals surface area contributed by atoms with E-state index in [4.69, 9.17) is 11.6 Å². The summed E-state index contributed by atoms with van der Waals surface area (Å²) in [6, 6.07) is 15.4. The number of halogens is 2. The molecule has 0 radical (unpaired) electrons. The molecule has 1 aliphatic rings. The first-order valence-corrected chi connectivity index (χ1v) is 11.8. The van der Waals surface area contributed by atoms with Crippen molar-refractivity contribution in [2.45, 2.75) is 4.90 Å². The number of hydrogen-bond donors (Lipinski definition) is 1. The van der Waals surface area contributed by atoms with Crippen LogP contribution in [0.2, 0.25) is 5.02 Å². The SMILES string of the molecule is O=C(c1cc(-c2ccc(Cl)cc2)n[nH]1)N1CCN(S(=O)(=O)c2ccc(Br)cc2)CC1. The molecule has 0 spiro atoms. The first kappa shape index (κ1) is 21.0. The van der Waals surface area contributed by atoms with Crippen molar-refractivity contribution < 1.29 is 13.2 Å². The maximum atomic E-state index is 12.8. The molecule has 2 heterocycles. The number of benzene rings is 2. The van der Waals surface area contributed by atoms with Crippen LogP contribution in [-0.4, -0.2) is 59.9 Å². The summed E-state index contributed by atoms with van der Waals surface area (Å²) < 4.78 is 27.8. The van der Waals surface area contributed by atoms with E-state index in [0.29, 0.717) is 29.5 Å². The van der Waals surface area contributed by atoms with Gasteiger partial charge in [-0.05, 0) is 42.5 Å².